The highest BCUT2D eigenvalue weighted by Gasteiger charge is 2.19. The van der Waals surface area contributed by atoms with Crippen molar-refractivity contribution in [3.05, 3.63) is 63.4 Å². The first-order valence-electron chi connectivity index (χ1n) is 9.62. The third-order valence-corrected chi connectivity index (χ3v) is 5.14. The van der Waals surface area contributed by atoms with Crippen LogP contribution < -0.4 is 15.4 Å². The van der Waals surface area contributed by atoms with Gasteiger partial charge in [-0.05, 0) is 57.0 Å². The van der Waals surface area contributed by atoms with E-state index >= 15 is 0 Å². The Labute approximate surface area is 185 Å². The van der Waals surface area contributed by atoms with Crippen molar-refractivity contribution >= 4 is 34.8 Å². The highest BCUT2D eigenvalue weighted by atomic mass is 35.5. The number of anilines is 2. The summed E-state index contributed by atoms with van der Waals surface area (Å²) in [6.45, 7) is 7.48. The first-order chi connectivity index (χ1) is 14.7. The molecular formula is C22H24ClN5O3. The number of nitrogens with zero attached hydrogens (tertiary/aromatic N) is 3. The molecule has 0 aliphatic rings. The van der Waals surface area contributed by atoms with Gasteiger partial charge in [-0.25, -0.2) is 4.68 Å². The van der Waals surface area contributed by atoms with E-state index in [9.17, 15) is 9.59 Å². The summed E-state index contributed by atoms with van der Waals surface area (Å²) in [7, 11) is 1.52. The average molecular weight is 442 g/mol. The van der Waals surface area contributed by atoms with Gasteiger partial charge in [-0.15, -0.1) is 5.10 Å². The van der Waals surface area contributed by atoms with Crippen LogP contribution in [0.4, 0.5) is 11.4 Å². The lowest BCUT2D eigenvalue weighted by Crippen LogP contribution is -2.21. The van der Waals surface area contributed by atoms with E-state index in [1.807, 2.05) is 32.9 Å². The molecule has 3 rings (SSSR count). The van der Waals surface area contributed by atoms with Crippen molar-refractivity contribution in [2.24, 2.45) is 0 Å². The Hall–Kier alpha value is -3.39. The molecule has 0 fully saturated rings. The highest BCUT2D eigenvalue weighted by molar-refractivity contribution is 6.32. The van der Waals surface area contributed by atoms with Crippen LogP contribution in [0.2, 0.25) is 5.02 Å². The van der Waals surface area contributed by atoms with Gasteiger partial charge in [0.2, 0.25) is 5.91 Å². The predicted octanol–water partition coefficient (Wildman–Crippen LogP) is 4.06. The Kier molecular flexibility index (Phi) is 6.60. The molecule has 0 atom stereocenters. The molecule has 0 bridgehead atoms. The van der Waals surface area contributed by atoms with Crippen LogP contribution in [0, 0.1) is 27.7 Å². The van der Waals surface area contributed by atoms with E-state index in [4.69, 9.17) is 16.3 Å². The van der Waals surface area contributed by atoms with Gasteiger partial charge in [0.05, 0.1) is 17.8 Å². The van der Waals surface area contributed by atoms with Gasteiger partial charge in [-0.3, -0.25) is 9.59 Å². The minimum Gasteiger partial charge on any atom is -0.495 e. The van der Waals surface area contributed by atoms with Crippen molar-refractivity contribution in [1.82, 2.24) is 15.0 Å². The molecule has 3 aromatic rings. The first-order valence-corrected chi connectivity index (χ1v) is 10.00. The fraction of sp³-hybridized carbons (Fsp3) is 0.273. The number of methoxy groups -OCH3 is 1. The molecule has 0 saturated heterocycles. The number of carbonyl (C=O) groups is 2. The molecule has 0 aliphatic carbocycles. The molecule has 0 aliphatic heterocycles. The van der Waals surface area contributed by atoms with E-state index in [1.165, 1.54) is 11.8 Å². The van der Waals surface area contributed by atoms with Gasteiger partial charge >= 0.3 is 0 Å². The van der Waals surface area contributed by atoms with Crippen molar-refractivity contribution in [3.8, 4) is 5.75 Å². The summed E-state index contributed by atoms with van der Waals surface area (Å²) in [6.07, 6.45) is 0. The second kappa shape index (κ2) is 9.18. The summed E-state index contributed by atoms with van der Waals surface area (Å²) < 4.78 is 6.48. The molecule has 31 heavy (non-hydrogen) atoms. The zero-order valence-corrected chi connectivity index (χ0v) is 18.8. The summed E-state index contributed by atoms with van der Waals surface area (Å²) in [5, 5.41) is 14.0. The number of aryl methyl sites for hydroxylation is 3. The lowest BCUT2D eigenvalue weighted by atomic mass is 10.0. The van der Waals surface area contributed by atoms with Crippen molar-refractivity contribution in [3.63, 3.8) is 0 Å². The summed E-state index contributed by atoms with van der Waals surface area (Å²) in [5.74, 6) is -0.186. The fourth-order valence-corrected chi connectivity index (χ4v) is 3.61. The van der Waals surface area contributed by atoms with E-state index in [2.05, 4.69) is 20.9 Å². The minimum atomic E-state index is -0.374. The lowest BCUT2D eigenvalue weighted by Gasteiger charge is -2.12. The third-order valence-electron chi connectivity index (χ3n) is 4.84. The monoisotopic (exact) mass is 441 g/mol. The number of benzene rings is 2. The van der Waals surface area contributed by atoms with Crippen LogP contribution in [0.3, 0.4) is 0 Å². The largest absolute Gasteiger partial charge is 0.495 e. The lowest BCUT2D eigenvalue weighted by molar-refractivity contribution is -0.117. The topological polar surface area (TPSA) is 98.1 Å². The molecule has 0 saturated carbocycles. The second-order valence-electron chi connectivity index (χ2n) is 7.31. The molecule has 1 aromatic heterocycles. The first kappa shape index (κ1) is 22.3. The van der Waals surface area contributed by atoms with E-state index in [1.54, 1.807) is 25.1 Å². The SMILES string of the molecule is COc1ccc(NC(=O)Cn2nnc(C(=O)Nc3c(C)cc(C)cc3C)c2C)cc1Cl. The quantitative estimate of drug-likeness (QED) is 0.601. The molecular weight excluding hydrogens is 418 g/mol. The molecule has 0 radical (unpaired) electrons. The average Bonchev–Trinajstić information content (AvgIpc) is 3.05. The van der Waals surface area contributed by atoms with Gasteiger partial charge in [-0.1, -0.05) is 34.5 Å². The van der Waals surface area contributed by atoms with Crippen LogP contribution in [-0.4, -0.2) is 33.9 Å². The minimum absolute atomic E-state index is 0.0989. The summed E-state index contributed by atoms with van der Waals surface area (Å²) >= 11 is 6.09. The number of aromatic nitrogens is 3. The number of ether oxygens (including phenoxy) is 1. The molecule has 0 spiro atoms. The van der Waals surface area contributed by atoms with Gasteiger partial charge in [0.15, 0.2) is 5.69 Å². The second-order valence-corrected chi connectivity index (χ2v) is 7.71. The van der Waals surface area contributed by atoms with Crippen molar-refractivity contribution in [2.75, 3.05) is 17.7 Å². The Bertz CT molecular complexity index is 1130. The van der Waals surface area contributed by atoms with Gasteiger partial charge in [0.25, 0.3) is 5.91 Å². The molecule has 9 heteroatoms. The Morgan fingerprint density at radius 3 is 2.35 bits per heavy atom. The summed E-state index contributed by atoms with van der Waals surface area (Å²) in [4.78, 5) is 25.2. The number of nitrogens with one attached hydrogen (secondary N) is 2. The van der Waals surface area contributed by atoms with Gasteiger partial charge in [0.1, 0.15) is 12.3 Å². The van der Waals surface area contributed by atoms with Gasteiger partial charge in [0, 0.05) is 11.4 Å². The smallest absolute Gasteiger partial charge is 0.278 e. The zero-order chi connectivity index (χ0) is 22.7. The Balaban J connectivity index is 1.70. The maximum Gasteiger partial charge on any atom is 0.278 e. The van der Waals surface area contributed by atoms with Crippen LogP contribution in [-0.2, 0) is 11.3 Å². The Morgan fingerprint density at radius 1 is 1.06 bits per heavy atom. The number of hydrogen-bond acceptors (Lipinski definition) is 5. The third kappa shape index (κ3) is 5.03. The van der Waals surface area contributed by atoms with E-state index < -0.39 is 0 Å². The van der Waals surface area contributed by atoms with Crippen LogP contribution >= 0.6 is 11.6 Å². The molecule has 0 unspecified atom stereocenters. The molecule has 2 N–H and O–H groups in total. The predicted molar refractivity (Wildman–Crippen MR) is 120 cm³/mol. The number of carbonyl (C=O) groups excluding carboxylic acids is 2. The Morgan fingerprint density at radius 2 is 1.74 bits per heavy atom. The molecule has 2 amide bonds. The fourth-order valence-electron chi connectivity index (χ4n) is 3.35. The van der Waals surface area contributed by atoms with Crippen molar-refractivity contribution in [2.45, 2.75) is 34.2 Å². The van der Waals surface area contributed by atoms with Crippen LogP contribution in [0.5, 0.6) is 5.75 Å². The van der Waals surface area contributed by atoms with E-state index in [0.29, 0.717) is 22.2 Å². The van der Waals surface area contributed by atoms with Crippen LogP contribution in [0.25, 0.3) is 0 Å². The van der Waals surface area contributed by atoms with Crippen LogP contribution in [0.15, 0.2) is 30.3 Å². The number of rotatable bonds is 6. The van der Waals surface area contributed by atoms with E-state index in [0.717, 1.165) is 22.4 Å². The normalized spacial score (nSPS) is 10.6. The summed E-state index contributed by atoms with van der Waals surface area (Å²) in [6, 6.07) is 8.94. The maximum atomic E-state index is 12.8. The van der Waals surface area contributed by atoms with Gasteiger partial charge < -0.3 is 15.4 Å². The summed E-state index contributed by atoms with van der Waals surface area (Å²) in [5.41, 5.74) is 4.99. The highest BCUT2D eigenvalue weighted by Crippen LogP contribution is 2.27. The standard InChI is InChI=1S/C22H24ClN5O3/c1-12-8-13(2)20(14(3)9-12)25-22(30)21-15(4)28(27-26-21)11-19(29)24-16-6-7-18(31-5)17(23)10-16/h6-10H,11H2,1-5H3,(H,24,29)(H,25,30). The molecule has 1 heterocycles. The maximum absolute atomic E-state index is 12.8. The molecule has 162 valence electrons. The molecule has 8 nitrogen and oxygen atoms in total. The zero-order valence-electron chi connectivity index (χ0n) is 18.0. The van der Waals surface area contributed by atoms with Crippen molar-refractivity contribution in [1.29, 1.82) is 0 Å². The number of halogens is 1. The van der Waals surface area contributed by atoms with E-state index in [-0.39, 0.29) is 24.1 Å². The number of amides is 2. The molecule has 2 aromatic carbocycles. The number of hydrogen-bond donors (Lipinski definition) is 2. The van der Waals surface area contributed by atoms with Crippen LogP contribution in [0.1, 0.15) is 32.9 Å². The van der Waals surface area contributed by atoms with Crippen molar-refractivity contribution < 1.29 is 14.3 Å². The van der Waals surface area contributed by atoms with Gasteiger partial charge in [-0.2, -0.15) is 0 Å².